The van der Waals surface area contributed by atoms with Crippen molar-refractivity contribution in [2.45, 2.75) is 20.3 Å². The maximum absolute atomic E-state index is 11.0. The number of aryl methyl sites for hydroxylation is 1. The third kappa shape index (κ3) is 1.51. The monoisotopic (exact) mass is 189 g/mol. The summed E-state index contributed by atoms with van der Waals surface area (Å²) in [6.07, 6.45) is 5.78. The van der Waals surface area contributed by atoms with E-state index in [1.807, 2.05) is 23.7 Å². The molecule has 2 aromatic rings. The van der Waals surface area contributed by atoms with Crippen molar-refractivity contribution in [2.24, 2.45) is 0 Å². The van der Waals surface area contributed by atoms with Gasteiger partial charge in [0, 0.05) is 18.6 Å². The predicted molar refractivity (Wildman–Crippen MR) is 52.1 cm³/mol. The lowest BCUT2D eigenvalue weighted by atomic mass is 10.2. The molecule has 2 rings (SSSR count). The van der Waals surface area contributed by atoms with E-state index in [0.29, 0.717) is 6.42 Å². The predicted octanol–water partition coefficient (Wildman–Crippen LogP) is 1.17. The largest absolute Gasteiger partial charge is 0.304 e. The van der Waals surface area contributed by atoms with Gasteiger partial charge in [-0.25, -0.2) is 4.98 Å². The number of Topliss-reactive ketones (excluding diaryl/α,β-unsaturated/α-hetero) is 1. The van der Waals surface area contributed by atoms with E-state index in [1.165, 1.54) is 0 Å². The number of hydrogen-bond donors (Lipinski definition) is 0. The van der Waals surface area contributed by atoms with Gasteiger partial charge in [0.25, 0.3) is 0 Å². The number of aromatic nitrogens is 3. The minimum Gasteiger partial charge on any atom is -0.304 e. The zero-order chi connectivity index (χ0) is 10.1. The number of hydrogen-bond acceptors (Lipinski definition) is 3. The molecule has 0 spiro atoms. The number of fused-ring (bicyclic) bond motifs is 1. The average Bonchev–Trinajstić information content (AvgIpc) is 2.45. The lowest BCUT2D eigenvalue weighted by Gasteiger charge is -1.98. The van der Waals surface area contributed by atoms with Crippen LogP contribution in [0.3, 0.4) is 0 Å². The third-order valence-electron chi connectivity index (χ3n) is 1.98. The summed E-state index contributed by atoms with van der Waals surface area (Å²) in [5, 5.41) is 0. The number of imidazole rings is 1. The second-order valence-corrected chi connectivity index (χ2v) is 3.37. The lowest BCUT2D eigenvalue weighted by molar-refractivity contribution is -0.116. The fourth-order valence-electron chi connectivity index (χ4n) is 1.46. The van der Waals surface area contributed by atoms with Gasteiger partial charge in [0.15, 0.2) is 5.65 Å². The Kier molecular flexibility index (Phi) is 2.04. The van der Waals surface area contributed by atoms with Crippen molar-refractivity contribution in [3.8, 4) is 0 Å². The minimum absolute atomic E-state index is 0.103. The van der Waals surface area contributed by atoms with Crippen molar-refractivity contribution in [1.82, 2.24) is 14.4 Å². The van der Waals surface area contributed by atoms with Crippen molar-refractivity contribution in [2.75, 3.05) is 0 Å². The van der Waals surface area contributed by atoms with Crippen LogP contribution in [0.4, 0.5) is 0 Å². The summed E-state index contributed by atoms with van der Waals surface area (Å²) < 4.78 is 1.89. The molecule has 0 unspecified atom stereocenters. The molecule has 14 heavy (non-hydrogen) atoms. The molecular formula is C10H11N3O. The Morgan fingerprint density at radius 3 is 3.07 bits per heavy atom. The highest BCUT2D eigenvalue weighted by Gasteiger charge is 2.07. The minimum atomic E-state index is 0.103. The van der Waals surface area contributed by atoms with E-state index in [9.17, 15) is 4.79 Å². The van der Waals surface area contributed by atoms with E-state index >= 15 is 0 Å². The summed E-state index contributed by atoms with van der Waals surface area (Å²) in [5.74, 6) is 0.103. The van der Waals surface area contributed by atoms with E-state index in [-0.39, 0.29) is 5.78 Å². The van der Waals surface area contributed by atoms with E-state index in [1.54, 1.807) is 13.1 Å². The first-order valence-corrected chi connectivity index (χ1v) is 4.45. The van der Waals surface area contributed by atoms with Gasteiger partial charge in [0.2, 0.25) is 0 Å². The molecule has 0 N–H and O–H groups in total. The van der Waals surface area contributed by atoms with Gasteiger partial charge in [-0.1, -0.05) is 0 Å². The van der Waals surface area contributed by atoms with Crippen molar-refractivity contribution in [3.63, 3.8) is 0 Å². The third-order valence-corrected chi connectivity index (χ3v) is 1.98. The van der Waals surface area contributed by atoms with E-state index < -0.39 is 0 Å². The van der Waals surface area contributed by atoms with Gasteiger partial charge in [-0.15, -0.1) is 0 Å². The first kappa shape index (κ1) is 8.87. The Morgan fingerprint density at radius 1 is 1.57 bits per heavy atom. The van der Waals surface area contributed by atoms with Gasteiger partial charge in [0.05, 0.1) is 17.8 Å². The van der Waals surface area contributed by atoms with Gasteiger partial charge in [0.1, 0.15) is 5.78 Å². The normalized spacial score (nSPS) is 10.7. The summed E-state index contributed by atoms with van der Waals surface area (Å²) in [6, 6.07) is 0. The van der Waals surface area contributed by atoms with Crippen LogP contribution in [0.5, 0.6) is 0 Å². The van der Waals surface area contributed by atoms with Gasteiger partial charge < -0.3 is 4.40 Å². The Labute approximate surface area is 81.6 Å². The Morgan fingerprint density at radius 2 is 2.36 bits per heavy atom. The maximum Gasteiger partial charge on any atom is 0.159 e. The highest BCUT2D eigenvalue weighted by molar-refractivity contribution is 5.79. The zero-order valence-corrected chi connectivity index (χ0v) is 8.19. The van der Waals surface area contributed by atoms with E-state index in [0.717, 1.165) is 17.0 Å². The molecule has 4 heteroatoms. The van der Waals surface area contributed by atoms with Crippen LogP contribution >= 0.6 is 0 Å². The van der Waals surface area contributed by atoms with Crippen molar-refractivity contribution in [3.05, 3.63) is 30.0 Å². The molecule has 0 radical (unpaired) electrons. The van der Waals surface area contributed by atoms with Crippen LogP contribution in [-0.4, -0.2) is 20.2 Å². The van der Waals surface area contributed by atoms with Crippen LogP contribution in [0, 0.1) is 6.92 Å². The van der Waals surface area contributed by atoms with Crippen LogP contribution in [0.15, 0.2) is 18.6 Å². The van der Waals surface area contributed by atoms with Crippen LogP contribution in [0.1, 0.15) is 18.3 Å². The molecule has 72 valence electrons. The molecule has 0 aliphatic carbocycles. The second kappa shape index (κ2) is 3.21. The topological polar surface area (TPSA) is 47.3 Å². The first-order valence-electron chi connectivity index (χ1n) is 4.45. The molecule has 2 aromatic heterocycles. The smallest absolute Gasteiger partial charge is 0.159 e. The number of carbonyl (C=O) groups is 1. The van der Waals surface area contributed by atoms with Crippen molar-refractivity contribution < 1.29 is 4.79 Å². The van der Waals surface area contributed by atoms with E-state index in [4.69, 9.17) is 0 Å². The summed E-state index contributed by atoms with van der Waals surface area (Å²) in [4.78, 5) is 19.5. The number of nitrogens with zero attached hydrogens (tertiary/aromatic N) is 3. The molecule has 2 heterocycles. The lowest BCUT2D eigenvalue weighted by Crippen LogP contribution is -2.02. The van der Waals surface area contributed by atoms with Crippen molar-refractivity contribution in [1.29, 1.82) is 0 Å². The molecule has 0 bridgehead atoms. The highest BCUT2D eigenvalue weighted by atomic mass is 16.1. The quantitative estimate of drug-likeness (QED) is 0.712. The summed E-state index contributed by atoms with van der Waals surface area (Å²) in [7, 11) is 0. The van der Waals surface area contributed by atoms with Gasteiger partial charge in [-0.3, -0.25) is 9.78 Å². The SMILES string of the molecule is CC(=O)Cc1nccn2cc(C)nc12. The Balaban J connectivity index is 2.58. The summed E-state index contributed by atoms with van der Waals surface area (Å²) in [5.41, 5.74) is 2.45. The Bertz CT molecular complexity index is 487. The number of carbonyl (C=O) groups excluding carboxylic acids is 1. The molecule has 0 saturated carbocycles. The van der Waals surface area contributed by atoms with Gasteiger partial charge >= 0.3 is 0 Å². The van der Waals surface area contributed by atoms with Crippen LogP contribution in [0.2, 0.25) is 0 Å². The fourth-order valence-corrected chi connectivity index (χ4v) is 1.46. The molecule has 0 aliphatic heterocycles. The molecule has 4 nitrogen and oxygen atoms in total. The van der Waals surface area contributed by atoms with Crippen molar-refractivity contribution >= 4 is 11.4 Å². The fraction of sp³-hybridized carbons (Fsp3) is 0.300. The Hall–Kier alpha value is -1.71. The number of ketones is 1. The van der Waals surface area contributed by atoms with Crippen LogP contribution < -0.4 is 0 Å². The molecule has 0 atom stereocenters. The standard InChI is InChI=1S/C10H11N3O/c1-7-6-13-4-3-11-9(5-8(2)14)10(13)12-7/h3-4,6H,5H2,1-2H3. The molecule has 0 fully saturated rings. The molecular weight excluding hydrogens is 178 g/mol. The van der Waals surface area contributed by atoms with Gasteiger partial charge in [-0.2, -0.15) is 0 Å². The molecule has 0 amide bonds. The summed E-state index contributed by atoms with van der Waals surface area (Å²) >= 11 is 0. The number of rotatable bonds is 2. The van der Waals surface area contributed by atoms with Crippen LogP contribution in [0.25, 0.3) is 5.65 Å². The highest BCUT2D eigenvalue weighted by Crippen LogP contribution is 2.08. The zero-order valence-electron chi connectivity index (χ0n) is 8.19. The second-order valence-electron chi connectivity index (χ2n) is 3.37. The van der Waals surface area contributed by atoms with Crippen LogP contribution in [-0.2, 0) is 11.2 Å². The van der Waals surface area contributed by atoms with E-state index in [2.05, 4.69) is 9.97 Å². The maximum atomic E-state index is 11.0. The summed E-state index contributed by atoms with van der Waals surface area (Å²) in [6.45, 7) is 3.48. The first-order chi connectivity index (χ1) is 6.66. The molecule has 0 aromatic carbocycles. The molecule has 0 saturated heterocycles. The average molecular weight is 189 g/mol. The van der Waals surface area contributed by atoms with Gasteiger partial charge in [-0.05, 0) is 13.8 Å². The molecule has 0 aliphatic rings.